The monoisotopic (exact) mass is 550 g/mol. The summed E-state index contributed by atoms with van der Waals surface area (Å²) in [6.45, 7) is 0. The molecule has 7 aromatic rings. The molecule has 0 unspecified atom stereocenters. The van der Waals surface area contributed by atoms with Gasteiger partial charge < -0.3 is 4.57 Å². The molecule has 3 heteroatoms. The van der Waals surface area contributed by atoms with E-state index in [1.54, 1.807) is 0 Å². The second-order valence-corrected chi connectivity index (χ2v) is 10.3. The van der Waals surface area contributed by atoms with Gasteiger partial charge in [-0.25, -0.2) is 4.98 Å². The molecule has 0 saturated carbocycles. The van der Waals surface area contributed by atoms with Crippen molar-refractivity contribution in [3.63, 3.8) is 0 Å². The zero-order chi connectivity index (χ0) is 25.5. The van der Waals surface area contributed by atoms with Crippen LogP contribution in [0.1, 0.15) is 0 Å². The first-order valence-corrected chi connectivity index (χ1v) is 13.5. The maximum absolute atomic E-state index is 5.05. The van der Waals surface area contributed by atoms with Crippen molar-refractivity contribution >= 4 is 37.7 Å². The lowest BCUT2D eigenvalue weighted by Gasteiger charge is -2.13. The number of hydrogen-bond acceptors (Lipinski definition) is 1. The molecule has 0 saturated heterocycles. The molecule has 0 amide bonds. The van der Waals surface area contributed by atoms with Crippen LogP contribution in [0.2, 0.25) is 0 Å². The smallest absolute Gasteiger partial charge is 0.0715 e. The van der Waals surface area contributed by atoms with Crippen LogP contribution < -0.4 is 0 Å². The molecular weight excluding hydrogens is 528 g/mol. The fourth-order valence-electron chi connectivity index (χ4n) is 5.28. The van der Waals surface area contributed by atoms with Gasteiger partial charge in [0.1, 0.15) is 0 Å². The van der Waals surface area contributed by atoms with Gasteiger partial charge in [0.25, 0.3) is 0 Å². The maximum atomic E-state index is 5.05. The van der Waals surface area contributed by atoms with Crippen LogP contribution in [0.4, 0.5) is 0 Å². The molecule has 0 radical (unpaired) electrons. The Morgan fingerprint density at radius 1 is 0.474 bits per heavy atom. The van der Waals surface area contributed by atoms with Gasteiger partial charge in [-0.1, -0.05) is 103 Å². The Labute approximate surface area is 230 Å². The number of para-hydroxylation sites is 2. The largest absolute Gasteiger partial charge is 0.308 e. The highest BCUT2D eigenvalue weighted by molar-refractivity contribution is 9.10. The molecule has 0 aliphatic carbocycles. The number of benzene rings is 5. The molecule has 180 valence electrons. The van der Waals surface area contributed by atoms with Crippen LogP contribution in [0.25, 0.3) is 61.1 Å². The predicted molar refractivity (Wildman–Crippen MR) is 163 cm³/mol. The van der Waals surface area contributed by atoms with E-state index in [9.17, 15) is 0 Å². The lowest BCUT2D eigenvalue weighted by atomic mass is 9.99. The maximum Gasteiger partial charge on any atom is 0.0715 e. The average molecular weight is 551 g/mol. The van der Waals surface area contributed by atoms with Crippen LogP contribution in [-0.4, -0.2) is 9.55 Å². The molecule has 0 N–H and O–H groups in total. The van der Waals surface area contributed by atoms with E-state index >= 15 is 0 Å². The highest BCUT2D eigenvalue weighted by Crippen LogP contribution is 2.37. The first kappa shape index (κ1) is 22.7. The number of fused-ring (bicyclic) bond motifs is 3. The Bertz CT molecular complexity index is 1860. The average Bonchev–Trinajstić information content (AvgIpc) is 3.34. The number of rotatable bonds is 4. The summed E-state index contributed by atoms with van der Waals surface area (Å²) >= 11 is 3.83. The summed E-state index contributed by atoms with van der Waals surface area (Å²) in [7, 11) is 0. The fourth-order valence-corrected chi connectivity index (χ4v) is 5.82. The second kappa shape index (κ2) is 9.44. The van der Waals surface area contributed by atoms with Gasteiger partial charge in [0.15, 0.2) is 0 Å². The van der Waals surface area contributed by atoms with Crippen LogP contribution in [0.5, 0.6) is 0 Å². The highest BCUT2D eigenvalue weighted by atomic mass is 79.9. The van der Waals surface area contributed by atoms with Crippen molar-refractivity contribution in [3.05, 3.63) is 144 Å². The number of aromatic nitrogens is 2. The molecular formula is C35H23BrN2. The lowest BCUT2D eigenvalue weighted by molar-refractivity contribution is 1.18. The SMILES string of the molecule is Brc1cccc2c3ccccc3n(-c3cccc(-c4cc(-c5ccccc5)nc(-c5ccccc5)c4)c3)c12. The van der Waals surface area contributed by atoms with E-state index in [1.165, 1.54) is 21.8 Å². The zero-order valence-electron chi connectivity index (χ0n) is 20.6. The van der Waals surface area contributed by atoms with Gasteiger partial charge in [0.2, 0.25) is 0 Å². The minimum atomic E-state index is 0.965. The molecule has 0 fully saturated rings. The molecule has 0 spiro atoms. The number of hydrogen-bond donors (Lipinski definition) is 0. The van der Waals surface area contributed by atoms with Gasteiger partial charge in [-0.3, -0.25) is 0 Å². The summed E-state index contributed by atoms with van der Waals surface area (Å²) in [5.41, 5.74) is 9.92. The first-order valence-electron chi connectivity index (χ1n) is 12.7. The molecule has 0 atom stereocenters. The van der Waals surface area contributed by atoms with Crippen molar-refractivity contribution in [2.24, 2.45) is 0 Å². The van der Waals surface area contributed by atoms with E-state index in [-0.39, 0.29) is 0 Å². The highest BCUT2D eigenvalue weighted by Gasteiger charge is 2.15. The molecule has 0 bridgehead atoms. The summed E-state index contributed by atoms with van der Waals surface area (Å²) in [5.74, 6) is 0. The van der Waals surface area contributed by atoms with E-state index in [0.717, 1.165) is 43.8 Å². The van der Waals surface area contributed by atoms with Gasteiger partial charge in [-0.05, 0) is 63.5 Å². The Kier molecular flexibility index (Phi) is 5.64. The first-order chi connectivity index (χ1) is 18.8. The number of pyridine rings is 1. The number of halogens is 1. The lowest BCUT2D eigenvalue weighted by Crippen LogP contribution is -1.96. The van der Waals surface area contributed by atoms with Crippen LogP contribution in [0, 0.1) is 0 Å². The normalized spacial score (nSPS) is 11.3. The van der Waals surface area contributed by atoms with Crippen molar-refractivity contribution in [2.75, 3.05) is 0 Å². The standard InChI is InChI=1S/C35H23BrN2/c36-31-19-10-18-30-29-17-7-8-20-34(29)38(35(30)31)28-16-9-15-26(21-28)27-22-32(24-11-3-1-4-12-24)37-33(23-27)25-13-5-2-6-14-25/h1-23H. The summed E-state index contributed by atoms with van der Waals surface area (Å²) in [6.07, 6.45) is 0. The Morgan fingerprint density at radius 2 is 1.05 bits per heavy atom. The van der Waals surface area contributed by atoms with E-state index in [2.05, 4.69) is 148 Å². The van der Waals surface area contributed by atoms with Gasteiger partial charge >= 0.3 is 0 Å². The molecule has 2 aromatic heterocycles. The van der Waals surface area contributed by atoms with Crippen molar-refractivity contribution in [2.45, 2.75) is 0 Å². The van der Waals surface area contributed by atoms with E-state index in [1.807, 2.05) is 12.1 Å². The molecule has 7 rings (SSSR count). The van der Waals surface area contributed by atoms with E-state index in [0.29, 0.717) is 0 Å². The van der Waals surface area contributed by atoms with Crippen LogP contribution >= 0.6 is 15.9 Å². The molecule has 2 heterocycles. The third-order valence-corrected chi connectivity index (χ3v) is 7.69. The molecule has 38 heavy (non-hydrogen) atoms. The Morgan fingerprint density at radius 3 is 1.76 bits per heavy atom. The minimum absolute atomic E-state index is 0.965. The van der Waals surface area contributed by atoms with E-state index in [4.69, 9.17) is 4.98 Å². The Hall–Kier alpha value is -4.47. The summed E-state index contributed by atoms with van der Waals surface area (Å²) in [4.78, 5) is 5.05. The number of nitrogens with zero attached hydrogens (tertiary/aromatic N) is 2. The molecule has 5 aromatic carbocycles. The van der Waals surface area contributed by atoms with Crippen LogP contribution in [0.3, 0.4) is 0 Å². The van der Waals surface area contributed by atoms with Crippen molar-refractivity contribution < 1.29 is 0 Å². The summed E-state index contributed by atoms with van der Waals surface area (Å²) in [5, 5.41) is 2.48. The Balaban J connectivity index is 1.45. The van der Waals surface area contributed by atoms with Crippen LogP contribution in [-0.2, 0) is 0 Å². The summed E-state index contributed by atoms with van der Waals surface area (Å²) < 4.78 is 3.44. The quantitative estimate of drug-likeness (QED) is 0.213. The van der Waals surface area contributed by atoms with Crippen molar-refractivity contribution in [1.29, 1.82) is 0 Å². The molecule has 0 aliphatic rings. The minimum Gasteiger partial charge on any atom is -0.308 e. The molecule has 0 aliphatic heterocycles. The fraction of sp³-hybridized carbons (Fsp3) is 0. The van der Waals surface area contributed by atoms with Gasteiger partial charge in [0, 0.05) is 32.1 Å². The van der Waals surface area contributed by atoms with Gasteiger partial charge in [-0.15, -0.1) is 0 Å². The second-order valence-electron chi connectivity index (χ2n) is 9.40. The summed E-state index contributed by atoms with van der Waals surface area (Å²) in [6, 6.07) is 49.0. The zero-order valence-corrected chi connectivity index (χ0v) is 22.1. The van der Waals surface area contributed by atoms with Crippen molar-refractivity contribution in [3.8, 4) is 39.3 Å². The van der Waals surface area contributed by atoms with Crippen molar-refractivity contribution in [1.82, 2.24) is 9.55 Å². The third-order valence-electron chi connectivity index (χ3n) is 7.05. The topological polar surface area (TPSA) is 17.8 Å². The third kappa shape index (κ3) is 3.93. The van der Waals surface area contributed by atoms with Crippen LogP contribution in [0.15, 0.2) is 144 Å². The van der Waals surface area contributed by atoms with Gasteiger partial charge in [0.05, 0.1) is 22.4 Å². The predicted octanol–water partition coefficient (Wildman–Crippen LogP) is 9.94. The van der Waals surface area contributed by atoms with E-state index < -0.39 is 0 Å². The molecule has 2 nitrogen and oxygen atoms in total. The van der Waals surface area contributed by atoms with Gasteiger partial charge in [-0.2, -0.15) is 0 Å².